The highest BCUT2D eigenvalue weighted by atomic mass is 32.3. The van der Waals surface area contributed by atoms with E-state index in [1.807, 2.05) is 0 Å². The van der Waals surface area contributed by atoms with Crippen LogP contribution < -0.4 is 5.46 Å². The van der Waals surface area contributed by atoms with Crippen LogP contribution in [0.2, 0.25) is 0 Å². The summed E-state index contributed by atoms with van der Waals surface area (Å²) in [5, 5.41) is 5.20. The fourth-order valence-corrected chi connectivity index (χ4v) is 11.2. The van der Waals surface area contributed by atoms with Crippen molar-refractivity contribution in [3.63, 3.8) is 0 Å². The first kappa shape index (κ1) is 25.9. The second-order valence-electron chi connectivity index (χ2n) is 12.4. The number of hydrogen-bond acceptors (Lipinski definition) is 2. The molecule has 2 aliphatic heterocycles. The van der Waals surface area contributed by atoms with E-state index in [0.717, 1.165) is 5.46 Å². The zero-order valence-corrected chi connectivity index (χ0v) is 25.2. The monoisotopic (exact) mass is 564 g/mol. The maximum absolute atomic E-state index is 6.56. The van der Waals surface area contributed by atoms with Crippen LogP contribution in [-0.2, 0) is 9.31 Å². The molecule has 0 saturated carbocycles. The predicted molar refractivity (Wildman–Crippen MR) is 176 cm³/mol. The van der Waals surface area contributed by atoms with Gasteiger partial charge >= 0.3 is 7.12 Å². The molecule has 0 aromatic heterocycles. The first-order valence-electron chi connectivity index (χ1n) is 14.7. The van der Waals surface area contributed by atoms with Crippen LogP contribution in [0.5, 0.6) is 0 Å². The Labute approximate surface area is 249 Å². The lowest BCUT2D eigenvalue weighted by Crippen LogP contribution is -2.41. The fourth-order valence-electron chi connectivity index (χ4n) is 6.82. The van der Waals surface area contributed by atoms with E-state index in [0.29, 0.717) is 0 Å². The van der Waals surface area contributed by atoms with Crippen LogP contribution in [0.3, 0.4) is 0 Å². The Morgan fingerprint density at radius 3 is 1.57 bits per heavy atom. The minimum Gasteiger partial charge on any atom is -0.399 e. The SMILES string of the molecule is CC1(C)OB(c2ccc3c(c2)-c2c(c4ccccc4c4ccccc24)S3(c2ccccc2)c2ccccc2)OC1(C)C. The summed E-state index contributed by atoms with van der Waals surface area (Å²) in [6.07, 6.45) is 0. The van der Waals surface area contributed by atoms with Gasteiger partial charge in [-0.15, -0.1) is 10.0 Å². The third kappa shape index (κ3) is 3.43. The summed E-state index contributed by atoms with van der Waals surface area (Å²) in [6.45, 7) is 8.48. The minimum atomic E-state index is -1.82. The Kier molecular flexibility index (Phi) is 5.59. The summed E-state index contributed by atoms with van der Waals surface area (Å²) in [5.74, 6) is 0. The second kappa shape index (κ2) is 9.09. The summed E-state index contributed by atoms with van der Waals surface area (Å²) in [7, 11) is -2.25. The van der Waals surface area contributed by atoms with Crippen molar-refractivity contribution in [2.45, 2.75) is 58.5 Å². The van der Waals surface area contributed by atoms with E-state index in [-0.39, 0.29) is 0 Å². The van der Waals surface area contributed by atoms with Gasteiger partial charge in [0.2, 0.25) is 0 Å². The molecule has 0 bridgehead atoms. The fraction of sp³-hybridized carbons (Fsp3) is 0.158. The summed E-state index contributed by atoms with van der Waals surface area (Å²) in [6, 6.07) is 47.2. The van der Waals surface area contributed by atoms with Crippen molar-refractivity contribution in [1.29, 1.82) is 0 Å². The molecule has 0 amide bonds. The van der Waals surface area contributed by atoms with Gasteiger partial charge in [0.1, 0.15) is 0 Å². The van der Waals surface area contributed by atoms with Gasteiger partial charge in [-0.1, -0.05) is 97.1 Å². The average molecular weight is 565 g/mol. The average Bonchev–Trinajstić information content (AvgIpc) is 3.45. The number of benzene rings is 6. The quantitative estimate of drug-likeness (QED) is 0.157. The molecule has 2 aliphatic rings. The smallest absolute Gasteiger partial charge is 0.399 e. The highest BCUT2D eigenvalue weighted by Gasteiger charge is 2.52. The molecular formula is C38H33BO2S. The van der Waals surface area contributed by atoms with Crippen LogP contribution in [0.15, 0.2) is 147 Å². The standard InChI is InChI=1S/C38H33BO2S/c1-37(2)38(3,4)41-39(40-37)26-23-24-34-33(25-26)35-31-21-13-11-19-29(31)30-20-12-14-22-32(30)36(35)42(34,27-15-7-5-8-16-27)28-17-9-6-10-18-28/h5-25H,1-4H3. The van der Waals surface area contributed by atoms with Crippen LogP contribution in [0.4, 0.5) is 0 Å². The van der Waals surface area contributed by atoms with Gasteiger partial charge in [-0.3, -0.25) is 0 Å². The lowest BCUT2D eigenvalue weighted by molar-refractivity contribution is 0.00578. The normalized spacial score (nSPS) is 18.6. The molecule has 6 aromatic rings. The van der Waals surface area contributed by atoms with Crippen LogP contribution in [0, 0.1) is 0 Å². The molecule has 0 spiro atoms. The van der Waals surface area contributed by atoms with Gasteiger partial charge in [0.05, 0.1) is 11.2 Å². The largest absolute Gasteiger partial charge is 0.494 e. The number of hydrogen-bond donors (Lipinski definition) is 0. The molecule has 4 heteroatoms. The molecule has 2 heterocycles. The Hall–Kier alpha value is -3.83. The molecule has 0 radical (unpaired) electrons. The van der Waals surface area contributed by atoms with Crippen LogP contribution in [-0.4, -0.2) is 18.3 Å². The van der Waals surface area contributed by atoms with E-state index < -0.39 is 28.3 Å². The van der Waals surface area contributed by atoms with Crippen molar-refractivity contribution in [3.8, 4) is 11.1 Å². The first-order chi connectivity index (χ1) is 20.3. The molecule has 0 N–H and O–H groups in total. The third-order valence-corrected chi connectivity index (χ3v) is 13.5. The highest BCUT2D eigenvalue weighted by Crippen LogP contribution is 2.81. The summed E-state index contributed by atoms with van der Waals surface area (Å²) in [4.78, 5) is 5.49. The van der Waals surface area contributed by atoms with Gasteiger partial charge in [-0.05, 0) is 90.6 Å². The van der Waals surface area contributed by atoms with Gasteiger partial charge in [0.25, 0.3) is 0 Å². The lowest BCUT2D eigenvalue weighted by Gasteiger charge is -2.40. The summed E-state index contributed by atoms with van der Waals surface area (Å²) in [5.41, 5.74) is 2.87. The van der Waals surface area contributed by atoms with Crippen molar-refractivity contribution in [2.75, 3.05) is 0 Å². The van der Waals surface area contributed by atoms with E-state index in [4.69, 9.17) is 9.31 Å². The topological polar surface area (TPSA) is 18.5 Å². The zero-order valence-electron chi connectivity index (χ0n) is 24.4. The van der Waals surface area contributed by atoms with E-state index in [9.17, 15) is 0 Å². The van der Waals surface area contributed by atoms with E-state index in [2.05, 4.69) is 155 Å². The van der Waals surface area contributed by atoms with Gasteiger partial charge in [0.15, 0.2) is 0 Å². The van der Waals surface area contributed by atoms with Gasteiger partial charge in [-0.2, -0.15) is 0 Å². The van der Waals surface area contributed by atoms with Gasteiger partial charge < -0.3 is 9.31 Å². The van der Waals surface area contributed by atoms with Gasteiger partial charge in [0, 0.05) is 25.1 Å². The molecule has 42 heavy (non-hydrogen) atoms. The molecule has 1 saturated heterocycles. The summed E-state index contributed by atoms with van der Waals surface area (Å²) >= 11 is 0. The van der Waals surface area contributed by atoms with Crippen molar-refractivity contribution in [1.82, 2.24) is 0 Å². The third-order valence-electron chi connectivity index (χ3n) is 9.51. The second-order valence-corrected chi connectivity index (χ2v) is 15.4. The molecule has 6 aromatic carbocycles. The number of rotatable bonds is 3. The summed E-state index contributed by atoms with van der Waals surface area (Å²) < 4.78 is 13.1. The maximum Gasteiger partial charge on any atom is 0.494 e. The van der Waals surface area contributed by atoms with Crippen LogP contribution in [0.25, 0.3) is 32.7 Å². The van der Waals surface area contributed by atoms with Crippen molar-refractivity contribution in [2.24, 2.45) is 0 Å². The Morgan fingerprint density at radius 2 is 1.00 bits per heavy atom. The number of fused-ring (bicyclic) bond motifs is 8. The van der Waals surface area contributed by atoms with E-state index in [1.165, 1.54) is 52.3 Å². The first-order valence-corrected chi connectivity index (χ1v) is 16.3. The Morgan fingerprint density at radius 1 is 0.524 bits per heavy atom. The minimum absolute atomic E-state index is 0.402. The van der Waals surface area contributed by atoms with Crippen LogP contribution >= 0.6 is 10.0 Å². The van der Waals surface area contributed by atoms with E-state index >= 15 is 0 Å². The molecule has 8 rings (SSSR count). The molecule has 0 aliphatic carbocycles. The molecule has 2 nitrogen and oxygen atoms in total. The highest BCUT2D eigenvalue weighted by molar-refractivity contribution is 8.34. The Bertz CT molecular complexity index is 1940. The Balaban J connectivity index is 1.54. The van der Waals surface area contributed by atoms with Crippen molar-refractivity contribution < 1.29 is 9.31 Å². The maximum atomic E-state index is 6.56. The zero-order chi connectivity index (χ0) is 28.7. The lowest BCUT2D eigenvalue weighted by atomic mass is 9.77. The van der Waals surface area contributed by atoms with E-state index in [1.54, 1.807) is 0 Å². The molecule has 0 atom stereocenters. The predicted octanol–water partition coefficient (Wildman–Crippen LogP) is 9.61. The molecular weight excluding hydrogens is 531 g/mol. The van der Waals surface area contributed by atoms with Crippen molar-refractivity contribution >= 4 is 44.2 Å². The van der Waals surface area contributed by atoms with Crippen molar-refractivity contribution in [3.05, 3.63) is 127 Å². The molecule has 0 unspecified atom stereocenters. The van der Waals surface area contributed by atoms with Gasteiger partial charge in [-0.25, -0.2) is 0 Å². The van der Waals surface area contributed by atoms with Crippen LogP contribution in [0.1, 0.15) is 27.7 Å². The molecule has 1 fully saturated rings. The molecule has 206 valence electrons.